The summed E-state index contributed by atoms with van der Waals surface area (Å²) in [6.45, 7) is -0.236. The minimum absolute atomic E-state index is 0.188. The first kappa shape index (κ1) is 14.7. The van der Waals surface area contributed by atoms with Crippen LogP contribution in [0.5, 0.6) is 5.75 Å². The minimum atomic E-state index is -0.424. The normalized spacial score (nSPS) is 9.90. The molecule has 0 aliphatic heterocycles. The number of hydrogen-bond acceptors (Lipinski definition) is 5. The van der Waals surface area contributed by atoms with E-state index in [0.29, 0.717) is 11.3 Å². The van der Waals surface area contributed by atoms with Gasteiger partial charge in [0.1, 0.15) is 10.7 Å². The van der Waals surface area contributed by atoms with Gasteiger partial charge in [-0.15, -0.1) is 0 Å². The third-order valence-corrected chi connectivity index (χ3v) is 2.68. The number of benzene rings is 1. The Morgan fingerprint density at radius 3 is 2.76 bits per heavy atom. The minimum Gasteiger partial charge on any atom is -0.483 e. The number of nitrogens with zero attached hydrogens (tertiary/aromatic N) is 1. The van der Waals surface area contributed by atoms with Gasteiger partial charge in [0.15, 0.2) is 12.4 Å². The van der Waals surface area contributed by atoms with Gasteiger partial charge in [-0.3, -0.25) is 9.59 Å². The second-order valence-corrected chi connectivity index (χ2v) is 4.44. The van der Waals surface area contributed by atoms with Crippen molar-refractivity contribution in [3.8, 4) is 5.75 Å². The molecule has 0 bridgehead atoms. The van der Waals surface area contributed by atoms with Crippen LogP contribution in [0.2, 0.25) is 0 Å². The number of rotatable bonds is 5. The molecule has 2 rings (SSSR count). The Labute approximate surface area is 125 Å². The summed E-state index contributed by atoms with van der Waals surface area (Å²) in [5, 5.41) is 8.34. The number of para-hydroxylation sites is 1. The van der Waals surface area contributed by atoms with Gasteiger partial charge >= 0.3 is 0 Å². The molecule has 0 fully saturated rings. The highest BCUT2D eigenvalue weighted by molar-refractivity contribution is 7.80. The molecule has 1 aromatic carbocycles. The summed E-state index contributed by atoms with van der Waals surface area (Å²) in [6.07, 6.45) is 0. The van der Waals surface area contributed by atoms with Crippen LogP contribution in [0.15, 0.2) is 41.2 Å². The van der Waals surface area contributed by atoms with Crippen LogP contribution in [0.4, 0.5) is 5.82 Å². The molecule has 8 heteroatoms. The van der Waals surface area contributed by atoms with Crippen LogP contribution in [0, 0.1) is 0 Å². The average molecular weight is 304 g/mol. The van der Waals surface area contributed by atoms with Gasteiger partial charge in [-0.05, 0) is 18.2 Å². The van der Waals surface area contributed by atoms with Crippen molar-refractivity contribution in [1.29, 1.82) is 0 Å². The molecule has 21 heavy (non-hydrogen) atoms. The molecule has 4 N–H and O–H groups in total. The third kappa shape index (κ3) is 4.11. The molecular weight excluding hydrogens is 292 g/mol. The number of amides is 1. The van der Waals surface area contributed by atoms with E-state index < -0.39 is 5.91 Å². The highest BCUT2D eigenvalue weighted by Crippen LogP contribution is 2.17. The molecule has 7 nitrogen and oxygen atoms in total. The Morgan fingerprint density at radius 2 is 2.10 bits per heavy atom. The van der Waals surface area contributed by atoms with Crippen molar-refractivity contribution in [2.45, 2.75) is 0 Å². The van der Waals surface area contributed by atoms with Crippen molar-refractivity contribution < 1.29 is 9.53 Å². The topological polar surface area (TPSA) is 110 Å². The van der Waals surface area contributed by atoms with Gasteiger partial charge in [-0.25, -0.2) is 5.10 Å². The van der Waals surface area contributed by atoms with Crippen LogP contribution in [-0.2, 0) is 4.79 Å². The number of thiocarbonyl (C=S) groups is 1. The molecule has 0 saturated carbocycles. The standard InChI is InChI=1S/C13H12N4O3S/c14-13(21)8-3-1-2-4-9(8)20-7-12(19)15-10-5-6-11(18)17-16-10/h1-6H,7H2,(H2,14,21)(H,17,18)(H,15,16,19). The summed E-state index contributed by atoms with van der Waals surface area (Å²) in [5.41, 5.74) is 5.77. The number of carbonyl (C=O) groups excluding carboxylic acids is 1. The van der Waals surface area contributed by atoms with Gasteiger partial charge in [0.2, 0.25) is 0 Å². The van der Waals surface area contributed by atoms with Crippen LogP contribution >= 0.6 is 12.2 Å². The van der Waals surface area contributed by atoms with Gasteiger partial charge in [-0.2, -0.15) is 5.10 Å². The van der Waals surface area contributed by atoms with Crippen LogP contribution in [-0.4, -0.2) is 27.7 Å². The second kappa shape index (κ2) is 6.62. The Kier molecular flexibility index (Phi) is 4.62. The zero-order valence-electron chi connectivity index (χ0n) is 10.8. The molecule has 0 atom stereocenters. The maximum Gasteiger partial charge on any atom is 0.264 e. The summed E-state index contributed by atoms with van der Waals surface area (Å²) in [6, 6.07) is 9.54. The van der Waals surface area contributed by atoms with Crippen molar-refractivity contribution in [2.75, 3.05) is 11.9 Å². The summed E-state index contributed by atoms with van der Waals surface area (Å²) in [4.78, 5) is 22.7. The number of hydrogen-bond donors (Lipinski definition) is 3. The lowest BCUT2D eigenvalue weighted by molar-refractivity contribution is -0.118. The van der Waals surface area contributed by atoms with Gasteiger partial charge < -0.3 is 15.8 Å². The average Bonchev–Trinajstić information content (AvgIpc) is 2.48. The number of nitrogens with one attached hydrogen (secondary N) is 2. The molecule has 0 aliphatic rings. The summed E-state index contributed by atoms with van der Waals surface area (Å²) < 4.78 is 5.38. The number of ether oxygens (including phenoxy) is 1. The molecule has 0 saturated heterocycles. The van der Waals surface area contributed by atoms with Crippen LogP contribution in [0.1, 0.15) is 5.56 Å². The van der Waals surface area contributed by atoms with E-state index in [1.54, 1.807) is 24.3 Å². The highest BCUT2D eigenvalue weighted by Gasteiger charge is 2.09. The fraction of sp³-hybridized carbons (Fsp3) is 0.0769. The fourth-order valence-corrected chi connectivity index (χ4v) is 1.70. The molecular formula is C13H12N4O3S. The molecule has 108 valence electrons. The Morgan fingerprint density at radius 1 is 1.33 bits per heavy atom. The zero-order chi connectivity index (χ0) is 15.2. The predicted octanol–water partition coefficient (Wildman–Crippen LogP) is 0.422. The molecule has 1 amide bonds. The third-order valence-electron chi connectivity index (χ3n) is 2.46. The van der Waals surface area contributed by atoms with Gasteiger partial charge in [0, 0.05) is 6.07 Å². The van der Waals surface area contributed by atoms with E-state index >= 15 is 0 Å². The first-order valence-corrected chi connectivity index (χ1v) is 6.34. The Bertz CT molecular complexity index is 709. The molecule has 0 unspecified atom stereocenters. The van der Waals surface area contributed by atoms with E-state index in [4.69, 9.17) is 22.7 Å². The second-order valence-electron chi connectivity index (χ2n) is 4.00. The van der Waals surface area contributed by atoms with Crippen molar-refractivity contribution in [2.24, 2.45) is 5.73 Å². The summed E-state index contributed by atoms with van der Waals surface area (Å²) >= 11 is 4.90. The van der Waals surface area contributed by atoms with Crippen LogP contribution in [0.3, 0.4) is 0 Å². The van der Waals surface area contributed by atoms with Crippen LogP contribution < -0.4 is 21.3 Å². The van der Waals surface area contributed by atoms with Gasteiger partial charge in [-0.1, -0.05) is 24.4 Å². The monoisotopic (exact) mass is 304 g/mol. The van der Waals surface area contributed by atoms with Gasteiger partial charge in [0.25, 0.3) is 11.5 Å². The molecule has 0 radical (unpaired) electrons. The highest BCUT2D eigenvalue weighted by atomic mass is 32.1. The van der Waals surface area contributed by atoms with Crippen molar-refractivity contribution in [3.05, 3.63) is 52.3 Å². The zero-order valence-corrected chi connectivity index (χ0v) is 11.6. The summed E-state index contributed by atoms with van der Waals surface area (Å²) in [5.74, 6) is 0.229. The molecule has 0 spiro atoms. The van der Waals surface area contributed by atoms with E-state index in [2.05, 4.69) is 15.5 Å². The maximum absolute atomic E-state index is 11.7. The number of anilines is 1. The quantitative estimate of drug-likeness (QED) is 0.691. The molecule has 0 aliphatic carbocycles. The number of aromatic nitrogens is 2. The van der Waals surface area contributed by atoms with Crippen LogP contribution in [0.25, 0.3) is 0 Å². The van der Waals surface area contributed by atoms with E-state index in [1.807, 2.05) is 0 Å². The smallest absolute Gasteiger partial charge is 0.264 e. The Balaban J connectivity index is 1.97. The predicted molar refractivity (Wildman–Crippen MR) is 81.3 cm³/mol. The Hall–Kier alpha value is -2.74. The van der Waals surface area contributed by atoms with E-state index in [-0.39, 0.29) is 23.0 Å². The fourth-order valence-electron chi connectivity index (χ4n) is 1.53. The maximum atomic E-state index is 11.7. The molecule has 1 aromatic heterocycles. The first-order valence-electron chi connectivity index (χ1n) is 5.93. The summed E-state index contributed by atoms with van der Waals surface area (Å²) in [7, 11) is 0. The van der Waals surface area contributed by atoms with E-state index in [1.165, 1.54) is 12.1 Å². The lowest BCUT2D eigenvalue weighted by atomic mass is 10.2. The van der Waals surface area contributed by atoms with E-state index in [9.17, 15) is 9.59 Å². The first-order chi connectivity index (χ1) is 10.1. The number of H-pyrrole nitrogens is 1. The van der Waals surface area contributed by atoms with Gasteiger partial charge in [0.05, 0.1) is 5.56 Å². The lowest BCUT2D eigenvalue weighted by Crippen LogP contribution is -2.22. The number of aromatic amines is 1. The number of carbonyl (C=O) groups is 1. The lowest BCUT2D eigenvalue weighted by Gasteiger charge is -2.10. The SMILES string of the molecule is NC(=S)c1ccccc1OCC(=O)Nc1ccc(=O)[nH]n1. The van der Waals surface area contributed by atoms with Crippen molar-refractivity contribution in [3.63, 3.8) is 0 Å². The molecule has 2 aromatic rings. The molecule has 1 heterocycles. The number of nitrogens with two attached hydrogens (primary N) is 1. The van der Waals surface area contributed by atoms with Crippen molar-refractivity contribution in [1.82, 2.24) is 10.2 Å². The van der Waals surface area contributed by atoms with Crippen molar-refractivity contribution >= 4 is 28.9 Å². The largest absolute Gasteiger partial charge is 0.483 e. The van der Waals surface area contributed by atoms with E-state index in [0.717, 1.165) is 0 Å².